The summed E-state index contributed by atoms with van der Waals surface area (Å²) in [5.74, 6) is 2.12. The highest BCUT2D eigenvalue weighted by atomic mass is 33.1. The molecule has 0 aliphatic carbocycles. The Kier molecular flexibility index (Phi) is 93.2. The van der Waals surface area contributed by atoms with Gasteiger partial charge < -0.3 is 15.1 Å². The molecule has 7 heteroatoms. The average molecular weight is 1330 g/mol. The second kappa shape index (κ2) is 91.1. The fourth-order valence-corrected chi connectivity index (χ4v) is 12.7. The molecule has 0 fully saturated rings. The summed E-state index contributed by atoms with van der Waals surface area (Å²) in [5.41, 5.74) is 0. The number of allylic oxidation sites excluding steroid dienone is 16. The molecule has 4 nitrogen and oxygen atoms in total. The van der Waals surface area contributed by atoms with E-state index < -0.39 is 0 Å². The molecule has 0 saturated carbocycles. The van der Waals surface area contributed by atoms with Crippen molar-refractivity contribution < 1.29 is 0 Å². The van der Waals surface area contributed by atoms with Gasteiger partial charge in [0.25, 0.3) is 0 Å². The Balaban J connectivity index is -0.00000117. The van der Waals surface area contributed by atoms with Crippen LogP contribution in [0.4, 0.5) is 0 Å². The van der Waals surface area contributed by atoms with E-state index in [1.807, 2.05) is 36.2 Å². The van der Waals surface area contributed by atoms with Crippen molar-refractivity contribution >= 4 is 34.2 Å². The van der Waals surface area contributed by atoms with Crippen molar-refractivity contribution in [3.8, 4) is 0 Å². The lowest BCUT2D eigenvalue weighted by molar-refractivity contribution is 0.343. The lowest BCUT2D eigenvalue weighted by atomic mass is 10.1. The number of rotatable bonds is 66. The highest BCUT2D eigenvalue weighted by molar-refractivity contribution is 8.76. The van der Waals surface area contributed by atoms with E-state index in [1.165, 1.54) is 309 Å². The quantitative estimate of drug-likeness (QED) is 0.0293. The van der Waals surface area contributed by atoms with E-state index in [4.69, 9.17) is 0 Å². The Hall–Kier alpha value is -2.00. The fourth-order valence-electron chi connectivity index (χ4n) is 10.4. The molecule has 92 heavy (non-hydrogen) atoms. The SMILES string of the molecule is CCCCC/C=C\C/C=C\CCCCCCCCC.CCCCC/C=C\C/C=C\CCCCCCCCN(C)CCS.CCCCC/C=C\C/C=C\CCCCCCCCN(C)CCSSc1ccccn1.CCCCC/C=C\C/C=C\CCCCCCCCNC. The highest BCUT2D eigenvalue weighted by Gasteiger charge is 2.02. The third kappa shape index (κ3) is 92.2. The Bertz CT molecular complexity index is 1700. The van der Waals surface area contributed by atoms with Crippen LogP contribution in [0.15, 0.2) is 127 Å². The van der Waals surface area contributed by atoms with Crippen molar-refractivity contribution in [3.05, 3.63) is 122 Å². The monoisotopic (exact) mass is 1330 g/mol. The summed E-state index contributed by atoms with van der Waals surface area (Å²) in [5, 5.41) is 4.31. The van der Waals surface area contributed by atoms with Crippen LogP contribution in [-0.2, 0) is 0 Å². The van der Waals surface area contributed by atoms with E-state index in [9.17, 15) is 0 Å². The number of nitrogens with one attached hydrogen (secondary N) is 1. The van der Waals surface area contributed by atoms with E-state index >= 15 is 0 Å². The molecule has 1 heterocycles. The number of hydrogen-bond donors (Lipinski definition) is 2. The smallest absolute Gasteiger partial charge is 0.106 e. The van der Waals surface area contributed by atoms with E-state index in [2.05, 4.69) is 185 Å². The van der Waals surface area contributed by atoms with Crippen molar-refractivity contribution in [2.45, 2.75) is 354 Å². The van der Waals surface area contributed by atoms with E-state index in [-0.39, 0.29) is 0 Å². The first-order chi connectivity index (χ1) is 45.5. The average Bonchev–Trinajstić information content (AvgIpc) is 3.79. The van der Waals surface area contributed by atoms with Crippen LogP contribution in [0.2, 0.25) is 0 Å². The standard InChI is InChI=1S/C26H44N2S2.C21H41NS.C19H37N.C19H36/c1-3-4-5-6-7-8-9-10-11-12-13-14-15-16-17-20-23-28(2)24-25-29-30-26-21-18-19-22-27-26;1-3-4-5-6-7-8-9-10-11-12-13-14-15-16-17-18-19-22(2)20-21-23;1-3-4-5-6-7-8-9-10-11-12-13-14-15-16-17-18-19-20-2;1-3-5-7-9-11-13-15-17-19-18-16-14-12-10-8-6-4-2/h7-8,10-11,18-19,21-22H,3-6,9,12-17,20,23-25H2,1-2H3;7-8,10-11,23H,3-6,9,12-21H2,1-2H3;7-8,10-11,20H,3-6,9,12-19H2,1-2H3;11,13,17,19H,3-10,12,14-16,18H2,1-2H3/b3*8-7-,11-10-;13-11-,19-17-. The highest BCUT2D eigenvalue weighted by Crippen LogP contribution is 2.28. The molecule has 1 rings (SSSR count). The van der Waals surface area contributed by atoms with Gasteiger partial charge in [0.1, 0.15) is 5.03 Å². The minimum Gasteiger partial charge on any atom is -0.320 e. The first-order valence-corrected chi connectivity index (χ1v) is 42.4. The van der Waals surface area contributed by atoms with Crippen molar-refractivity contribution in [2.75, 3.05) is 65.4 Å². The van der Waals surface area contributed by atoms with Crippen LogP contribution < -0.4 is 5.32 Å². The molecule has 0 unspecified atom stereocenters. The minimum atomic E-state index is 0.971. The summed E-state index contributed by atoms with van der Waals surface area (Å²) >= 11 is 4.26. The molecule has 0 amide bonds. The number of thiol groups is 1. The predicted octanol–water partition coefficient (Wildman–Crippen LogP) is 28.5. The first kappa shape index (κ1) is 94.2. The molecule has 1 aromatic heterocycles. The normalized spacial score (nSPS) is 12.0. The molecule has 0 atom stereocenters. The molecular weight excluding hydrogens is 1170 g/mol. The molecule has 1 aromatic rings. The van der Waals surface area contributed by atoms with Crippen LogP contribution >= 0.6 is 34.2 Å². The molecule has 0 aliphatic heterocycles. The number of pyridine rings is 1. The van der Waals surface area contributed by atoms with Gasteiger partial charge in [-0.25, -0.2) is 4.98 Å². The van der Waals surface area contributed by atoms with E-state index in [0.717, 1.165) is 55.3 Å². The summed E-state index contributed by atoms with van der Waals surface area (Å²) in [6.45, 7) is 17.2. The minimum absolute atomic E-state index is 0.971. The molecular formula is C85H158N4S3. The van der Waals surface area contributed by atoms with Crippen molar-refractivity contribution in [2.24, 2.45) is 0 Å². The summed E-state index contributed by atoms with van der Waals surface area (Å²) in [6, 6.07) is 6.09. The second-order valence-electron chi connectivity index (χ2n) is 25.8. The number of unbranched alkanes of at least 4 members (excludes halogenated alkanes) is 37. The third-order valence-electron chi connectivity index (χ3n) is 16.5. The predicted molar refractivity (Wildman–Crippen MR) is 433 cm³/mol. The molecule has 0 bridgehead atoms. The van der Waals surface area contributed by atoms with Gasteiger partial charge in [0.15, 0.2) is 0 Å². The molecule has 536 valence electrons. The van der Waals surface area contributed by atoms with Crippen molar-refractivity contribution in [3.63, 3.8) is 0 Å². The lowest BCUT2D eigenvalue weighted by Crippen LogP contribution is -2.22. The van der Waals surface area contributed by atoms with Gasteiger partial charge in [-0.1, -0.05) is 316 Å². The number of aromatic nitrogens is 1. The van der Waals surface area contributed by atoms with Crippen LogP contribution in [0.25, 0.3) is 0 Å². The Morgan fingerprint density at radius 2 is 0.630 bits per heavy atom. The molecule has 0 spiro atoms. The maximum atomic E-state index is 4.34. The molecule has 0 aromatic carbocycles. The Labute approximate surface area is 591 Å². The summed E-state index contributed by atoms with van der Waals surface area (Å²) in [4.78, 5) is 9.19. The van der Waals surface area contributed by atoms with Gasteiger partial charge >= 0.3 is 0 Å². The van der Waals surface area contributed by atoms with Crippen LogP contribution in [0, 0.1) is 0 Å². The first-order valence-electron chi connectivity index (χ1n) is 39.5. The zero-order chi connectivity index (χ0) is 67.3. The summed E-state index contributed by atoms with van der Waals surface area (Å²) in [7, 11) is 10.2. The lowest BCUT2D eigenvalue weighted by Gasteiger charge is -2.15. The van der Waals surface area contributed by atoms with Gasteiger partial charge in [-0.05, 0) is 211 Å². The van der Waals surface area contributed by atoms with Crippen molar-refractivity contribution in [1.29, 1.82) is 0 Å². The fraction of sp³-hybridized carbons (Fsp3) is 0.753. The zero-order valence-electron chi connectivity index (χ0n) is 62.8. The van der Waals surface area contributed by atoms with Gasteiger partial charge in [0.05, 0.1) is 0 Å². The molecule has 1 N–H and O–H groups in total. The third-order valence-corrected chi connectivity index (χ3v) is 18.9. The van der Waals surface area contributed by atoms with Crippen LogP contribution in [0.3, 0.4) is 0 Å². The van der Waals surface area contributed by atoms with Gasteiger partial charge in [0.2, 0.25) is 0 Å². The zero-order valence-corrected chi connectivity index (χ0v) is 65.3. The largest absolute Gasteiger partial charge is 0.320 e. The summed E-state index contributed by atoms with van der Waals surface area (Å²) in [6.07, 6.45) is 105. The van der Waals surface area contributed by atoms with Gasteiger partial charge in [-0.15, -0.1) is 0 Å². The second-order valence-corrected chi connectivity index (χ2v) is 28.7. The Morgan fingerprint density at radius 3 is 0.935 bits per heavy atom. The van der Waals surface area contributed by atoms with Crippen LogP contribution in [0.1, 0.15) is 349 Å². The van der Waals surface area contributed by atoms with Crippen LogP contribution in [0.5, 0.6) is 0 Å². The summed E-state index contributed by atoms with van der Waals surface area (Å²) < 4.78 is 0. The van der Waals surface area contributed by atoms with Crippen molar-refractivity contribution in [1.82, 2.24) is 20.1 Å². The van der Waals surface area contributed by atoms with Crippen LogP contribution in [-0.4, -0.2) is 80.2 Å². The van der Waals surface area contributed by atoms with Gasteiger partial charge in [0, 0.05) is 30.8 Å². The Morgan fingerprint density at radius 1 is 0.348 bits per heavy atom. The maximum Gasteiger partial charge on any atom is 0.106 e. The van der Waals surface area contributed by atoms with Gasteiger partial charge in [-0.3, -0.25) is 0 Å². The van der Waals surface area contributed by atoms with E-state index in [1.54, 1.807) is 10.8 Å². The van der Waals surface area contributed by atoms with Gasteiger partial charge in [-0.2, -0.15) is 12.6 Å². The topological polar surface area (TPSA) is 31.4 Å². The maximum absolute atomic E-state index is 4.34. The molecule has 0 aliphatic rings. The number of hydrogen-bond acceptors (Lipinski definition) is 7. The molecule has 0 saturated heterocycles. The number of nitrogens with zero attached hydrogens (tertiary/aromatic N) is 3. The van der Waals surface area contributed by atoms with E-state index in [0.29, 0.717) is 0 Å². The molecule has 0 radical (unpaired) electrons.